The third-order valence-corrected chi connectivity index (χ3v) is 6.21. The van der Waals surface area contributed by atoms with Gasteiger partial charge in [0.2, 0.25) is 15.9 Å². The maximum Gasteiger partial charge on any atom is 0.225 e. The molecular weight excluding hydrogens is 288 g/mol. The first-order valence-electron chi connectivity index (χ1n) is 8.22. The summed E-state index contributed by atoms with van der Waals surface area (Å²) < 4.78 is 26.1. The minimum atomic E-state index is -3.15. The number of sulfonamides is 1. The van der Waals surface area contributed by atoms with E-state index in [1.165, 1.54) is 0 Å². The van der Waals surface area contributed by atoms with E-state index in [0.29, 0.717) is 32.6 Å². The number of carbonyl (C=O) groups excluding carboxylic acids is 1. The van der Waals surface area contributed by atoms with E-state index >= 15 is 0 Å². The highest BCUT2D eigenvalue weighted by molar-refractivity contribution is 7.89. The summed E-state index contributed by atoms with van der Waals surface area (Å²) in [4.78, 5) is 14.3. The molecule has 0 unspecified atom stereocenters. The van der Waals surface area contributed by atoms with E-state index in [1.54, 1.807) is 4.31 Å². The van der Waals surface area contributed by atoms with E-state index in [1.807, 2.05) is 25.7 Å². The molecular formula is C15H30N2O3S. The van der Waals surface area contributed by atoms with Gasteiger partial charge in [0.15, 0.2) is 0 Å². The fraction of sp³-hybridized carbons (Fsp3) is 0.933. The highest BCUT2D eigenvalue weighted by Gasteiger charge is 2.28. The topological polar surface area (TPSA) is 57.7 Å². The Morgan fingerprint density at radius 2 is 1.71 bits per heavy atom. The summed E-state index contributed by atoms with van der Waals surface area (Å²) in [6.45, 7) is 8.25. The van der Waals surface area contributed by atoms with Gasteiger partial charge in [-0.25, -0.2) is 12.7 Å². The van der Waals surface area contributed by atoms with E-state index in [-0.39, 0.29) is 17.6 Å². The molecule has 6 heteroatoms. The van der Waals surface area contributed by atoms with Gasteiger partial charge in [-0.2, -0.15) is 0 Å². The zero-order chi connectivity index (χ0) is 15.9. The van der Waals surface area contributed by atoms with Gasteiger partial charge >= 0.3 is 0 Å². The first-order chi connectivity index (χ1) is 9.96. The van der Waals surface area contributed by atoms with Gasteiger partial charge < -0.3 is 4.90 Å². The third kappa shape index (κ3) is 5.25. The summed E-state index contributed by atoms with van der Waals surface area (Å²) in [7, 11) is -3.15. The van der Waals surface area contributed by atoms with Crippen molar-refractivity contribution >= 4 is 15.9 Å². The van der Waals surface area contributed by atoms with Crippen LogP contribution in [0.15, 0.2) is 0 Å². The molecule has 0 radical (unpaired) electrons. The molecule has 124 valence electrons. The van der Waals surface area contributed by atoms with E-state index < -0.39 is 10.0 Å². The molecule has 0 spiro atoms. The average molecular weight is 318 g/mol. The second-order valence-electron chi connectivity index (χ2n) is 5.76. The molecule has 0 N–H and O–H groups in total. The van der Waals surface area contributed by atoms with E-state index in [0.717, 1.165) is 25.7 Å². The van der Waals surface area contributed by atoms with Crippen molar-refractivity contribution in [3.8, 4) is 0 Å². The maximum atomic E-state index is 12.4. The van der Waals surface area contributed by atoms with Crippen LogP contribution in [0.3, 0.4) is 0 Å². The largest absolute Gasteiger partial charge is 0.341 e. The Morgan fingerprint density at radius 3 is 2.29 bits per heavy atom. The number of hydrogen-bond donors (Lipinski definition) is 0. The maximum absolute atomic E-state index is 12.4. The van der Waals surface area contributed by atoms with Crippen LogP contribution < -0.4 is 0 Å². The molecule has 1 fully saturated rings. The molecule has 5 nitrogen and oxygen atoms in total. The lowest BCUT2D eigenvalue weighted by atomic mass is 10.0. The highest BCUT2D eigenvalue weighted by atomic mass is 32.2. The fourth-order valence-corrected chi connectivity index (χ4v) is 4.42. The molecule has 0 atom stereocenters. The van der Waals surface area contributed by atoms with Gasteiger partial charge in [0.1, 0.15) is 0 Å². The summed E-state index contributed by atoms with van der Waals surface area (Å²) in [6.07, 6.45) is 4.02. The molecule has 1 heterocycles. The molecule has 0 aromatic rings. The third-order valence-electron chi connectivity index (χ3n) is 4.25. The van der Waals surface area contributed by atoms with Crippen molar-refractivity contribution in [1.29, 1.82) is 0 Å². The molecule has 0 saturated carbocycles. The molecule has 0 aromatic carbocycles. The lowest BCUT2D eigenvalue weighted by Gasteiger charge is -2.25. The molecule has 1 aliphatic heterocycles. The minimum Gasteiger partial charge on any atom is -0.341 e. The number of carbonyl (C=O) groups is 1. The van der Waals surface area contributed by atoms with Crippen LogP contribution in [0, 0.1) is 5.92 Å². The predicted octanol–water partition coefficient (Wildman–Crippen LogP) is 2.09. The number of nitrogens with zero attached hydrogens (tertiary/aromatic N) is 2. The molecule has 0 aliphatic carbocycles. The second kappa shape index (κ2) is 8.73. The first kappa shape index (κ1) is 18.4. The zero-order valence-electron chi connectivity index (χ0n) is 13.7. The molecule has 1 rings (SSSR count). The highest BCUT2D eigenvalue weighted by Crippen LogP contribution is 2.16. The average Bonchev–Trinajstić information content (AvgIpc) is 2.72. The minimum absolute atomic E-state index is 0.0771. The molecule has 1 amide bonds. The van der Waals surface area contributed by atoms with Crippen LogP contribution >= 0.6 is 0 Å². The zero-order valence-corrected chi connectivity index (χ0v) is 14.5. The van der Waals surface area contributed by atoms with Crippen LogP contribution in [0.4, 0.5) is 0 Å². The normalized spacial score (nSPS) is 18.0. The monoisotopic (exact) mass is 318 g/mol. The van der Waals surface area contributed by atoms with Gasteiger partial charge in [-0.05, 0) is 25.7 Å². The molecule has 1 aliphatic rings. The van der Waals surface area contributed by atoms with Crippen LogP contribution in [0.1, 0.15) is 52.9 Å². The Kier molecular flexibility index (Phi) is 7.66. The van der Waals surface area contributed by atoms with Gasteiger partial charge in [0.25, 0.3) is 0 Å². The molecule has 1 saturated heterocycles. The van der Waals surface area contributed by atoms with Crippen molar-refractivity contribution in [2.75, 3.05) is 31.9 Å². The Hall–Kier alpha value is -0.620. The molecule has 0 aromatic heterocycles. The van der Waals surface area contributed by atoms with Gasteiger partial charge in [0.05, 0.1) is 5.75 Å². The lowest BCUT2D eigenvalue weighted by molar-refractivity contribution is -0.135. The summed E-state index contributed by atoms with van der Waals surface area (Å²) >= 11 is 0. The summed E-state index contributed by atoms with van der Waals surface area (Å²) in [6, 6.07) is 0. The summed E-state index contributed by atoms with van der Waals surface area (Å²) in [5, 5.41) is 0. The van der Waals surface area contributed by atoms with Crippen molar-refractivity contribution in [3.05, 3.63) is 0 Å². The van der Waals surface area contributed by atoms with Crippen molar-refractivity contribution < 1.29 is 13.2 Å². The second-order valence-corrected chi connectivity index (χ2v) is 7.85. The van der Waals surface area contributed by atoms with E-state index in [2.05, 4.69) is 0 Å². The van der Waals surface area contributed by atoms with Crippen LogP contribution in [-0.4, -0.2) is 55.5 Å². The van der Waals surface area contributed by atoms with Gasteiger partial charge in [-0.1, -0.05) is 27.2 Å². The van der Waals surface area contributed by atoms with Crippen LogP contribution in [0.2, 0.25) is 0 Å². The van der Waals surface area contributed by atoms with E-state index in [9.17, 15) is 13.2 Å². The Morgan fingerprint density at radius 1 is 1.05 bits per heavy atom. The van der Waals surface area contributed by atoms with Gasteiger partial charge in [-0.3, -0.25) is 4.79 Å². The lowest BCUT2D eigenvalue weighted by Crippen LogP contribution is -2.40. The van der Waals surface area contributed by atoms with Gasteiger partial charge in [-0.15, -0.1) is 0 Å². The van der Waals surface area contributed by atoms with Crippen LogP contribution in [-0.2, 0) is 14.8 Å². The van der Waals surface area contributed by atoms with E-state index in [4.69, 9.17) is 0 Å². The fourth-order valence-electron chi connectivity index (χ4n) is 2.74. The quantitative estimate of drug-likeness (QED) is 0.722. The van der Waals surface area contributed by atoms with Crippen LogP contribution in [0.25, 0.3) is 0 Å². The number of rotatable bonds is 7. The molecule has 21 heavy (non-hydrogen) atoms. The Balaban J connectivity index is 2.63. The van der Waals surface area contributed by atoms with Crippen LogP contribution in [0.5, 0.6) is 0 Å². The number of amides is 1. The molecule has 0 bridgehead atoms. The number of unbranched alkanes of at least 4 members (excludes halogenated alkanes) is 1. The smallest absolute Gasteiger partial charge is 0.225 e. The van der Waals surface area contributed by atoms with Crippen molar-refractivity contribution in [3.63, 3.8) is 0 Å². The summed E-state index contributed by atoms with van der Waals surface area (Å²) in [5.41, 5.74) is 0. The van der Waals surface area contributed by atoms with Gasteiger partial charge in [0, 0.05) is 32.1 Å². The summed E-state index contributed by atoms with van der Waals surface area (Å²) in [5.74, 6) is 0.491. The Labute approximate surface area is 129 Å². The van der Waals surface area contributed by atoms with Crippen molar-refractivity contribution in [1.82, 2.24) is 9.21 Å². The standard InChI is InChI=1S/C15H30N2O3S/c1-4-7-13-21(19,20)17-10-8-9-16(11-12-17)15(18)14(5-2)6-3/h14H,4-13H2,1-3H3. The number of hydrogen-bond acceptors (Lipinski definition) is 3. The predicted molar refractivity (Wildman–Crippen MR) is 85.5 cm³/mol. The SMILES string of the molecule is CCCCS(=O)(=O)N1CCCN(C(=O)C(CC)CC)CC1. The first-order valence-corrected chi connectivity index (χ1v) is 9.83. The van der Waals surface area contributed by atoms with Crippen molar-refractivity contribution in [2.24, 2.45) is 5.92 Å². The Bertz CT molecular complexity index is 419. The van der Waals surface area contributed by atoms with Crippen molar-refractivity contribution in [2.45, 2.75) is 52.9 Å².